The molecular weight excluding hydrogens is 332 g/mol. The molecule has 2 N–H and O–H groups in total. The third-order valence-corrected chi connectivity index (χ3v) is 5.59. The van der Waals surface area contributed by atoms with Gasteiger partial charge >= 0.3 is 0 Å². The zero-order valence-corrected chi connectivity index (χ0v) is 15.2. The van der Waals surface area contributed by atoms with E-state index < -0.39 is 0 Å². The molecule has 0 aliphatic carbocycles. The molecule has 4 rings (SSSR count). The van der Waals surface area contributed by atoms with Gasteiger partial charge in [-0.25, -0.2) is 4.98 Å². The van der Waals surface area contributed by atoms with Crippen molar-refractivity contribution in [3.05, 3.63) is 51.7 Å². The summed E-state index contributed by atoms with van der Waals surface area (Å²) in [5.74, 6) is 0.0568. The lowest BCUT2D eigenvalue weighted by Gasteiger charge is -2.26. The van der Waals surface area contributed by atoms with E-state index in [-0.39, 0.29) is 5.91 Å². The summed E-state index contributed by atoms with van der Waals surface area (Å²) in [6.07, 6.45) is 1.70. The van der Waals surface area contributed by atoms with Crippen LogP contribution in [0.1, 0.15) is 39.1 Å². The van der Waals surface area contributed by atoms with Gasteiger partial charge in [0.15, 0.2) is 5.13 Å². The van der Waals surface area contributed by atoms with E-state index in [1.54, 1.807) is 0 Å². The van der Waals surface area contributed by atoms with E-state index in [1.165, 1.54) is 16.9 Å². The molecule has 2 aromatic heterocycles. The number of thiazole rings is 1. The Morgan fingerprint density at radius 3 is 2.96 bits per heavy atom. The van der Waals surface area contributed by atoms with Crippen molar-refractivity contribution in [2.75, 3.05) is 12.3 Å². The highest BCUT2D eigenvalue weighted by Gasteiger charge is 2.26. The number of aryl methyl sites for hydroxylation is 2. The van der Waals surface area contributed by atoms with Crippen LogP contribution in [0.2, 0.25) is 0 Å². The van der Waals surface area contributed by atoms with E-state index in [1.807, 2.05) is 24.0 Å². The summed E-state index contributed by atoms with van der Waals surface area (Å²) in [7, 11) is 0. The molecule has 3 aromatic rings. The molecule has 1 aromatic carbocycles. The Kier molecular flexibility index (Phi) is 3.92. The SMILES string of the molecule is CCc1ccc2nc(C)cc(C(=O)N3CCc4nc(N)sc4C3)c2c1. The third kappa shape index (κ3) is 2.87. The van der Waals surface area contributed by atoms with Gasteiger partial charge in [0.05, 0.1) is 23.3 Å². The highest BCUT2D eigenvalue weighted by molar-refractivity contribution is 7.15. The fraction of sp³-hybridized carbons (Fsp3) is 0.316. The van der Waals surface area contributed by atoms with Crippen LogP contribution in [0.25, 0.3) is 10.9 Å². The average Bonchev–Trinajstić information content (AvgIpc) is 2.99. The number of carbonyl (C=O) groups is 1. The van der Waals surface area contributed by atoms with Gasteiger partial charge in [-0.2, -0.15) is 0 Å². The number of fused-ring (bicyclic) bond motifs is 2. The molecule has 1 aliphatic rings. The Morgan fingerprint density at radius 2 is 2.16 bits per heavy atom. The number of aromatic nitrogens is 2. The molecule has 1 aliphatic heterocycles. The lowest BCUT2D eigenvalue weighted by molar-refractivity contribution is 0.0738. The summed E-state index contributed by atoms with van der Waals surface area (Å²) < 4.78 is 0. The Balaban J connectivity index is 1.75. The number of anilines is 1. The number of nitrogens with zero attached hydrogens (tertiary/aromatic N) is 3. The van der Waals surface area contributed by atoms with Crippen molar-refractivity contribution >= 4 is 33.3 Å². The average molecular weight is 352 g/mol. The summed E-state index contributed by atoms with van der Waals surface area (Å²) in [5.41, 5.74) is 10.5. The second kappa shape index (κ2) is 6.11. The summed E-state index contributed by atoms with van der Waals surface area (Å²) in [4.78, 5) is 25.2. The number of rotatable bonds is 2. The fourth-order valence-electron chi connectivity index (χ4n) is 3.36. The minimum absolute atomic E-state index is 0.0568. The lowest BCUT2D eigenvalue weighted by Crippen LogP contribution is -2.35. The topological polar surface area (TPSA) is 72.1 Å². The molecule has 1 amide bonds. The molecular formula is C19H20N4OS. The Hall–Kier alpha value is -2.47. The Morgan fingerprint density at radius 1 is 1.32 bits per heavy atom. The van der Waals surface area contributed by atoms with Crippen LogP contribution in [0.3, 0.4) is 0 Å². The van der Waals surface area contributed by atoms with Gasteiger partial charge in [-0.05, 0) is 37.1 Å². The van der Waals surface area contributed by atoms with Gasteiger partial charge in [0, 0.05) is 28.9 Å². The lowest BCUT2D eigenvalue weighted by atomic mass is 10.0. The molecule has 0 atom stereocenters. The summed E-state index contributed by atoms with van der Waals surface area (Å²) >= 11 is 1.48. The van der Waals surface area contributed by atoms with Crippen molar-refractivity contribution in [1.82, 2.24) is 14.9 Å². The predicted octanol–water partition coefficient (Wildman–Crippen LogP) is 3.34. The second-order valence-corrected chi connectivity index (χ2v) is 7.53. The zero-order chi connectivity index (χ0) is 17.6. The van der Waals surface area contributed by atoms with Gasteiger partial charge in [-0.15, -0.1) is 11.3 Å². The van der Waals surface area contributed by atoms with Gasteiger partial charge < -0.3 is 10.6 Å². The maximum atomic E-state index is 13.2. The van der Waals surface area contributed by atoms with Gasteiger partial charge in [-0.1, -0.05) is 13.0 Å². The first-order valence-corrected chi connectivity index (χ1v) is 9.30. The largest absolute Gasteiger partial charge is 0.375 e. The van der Waals surface area contributed by atoms with Crippen LogP contribution < -0.4 is 5.73 Å². The van der Waals surface area contributed by atoms with Crippen molar-refractivity contribution in [1.29, 1.82) is 0 Å². The van der Waals surface area contributed by atoms with Crippen LogP contribution in [0, 0.1) is 6.92 Å². The van der Waals surface area contributed by atoms with Crippen LogP contribution >= 0.6 is 11.3 Å². The van der Waals surface area contributed by atoms with Crippen LogP contribution in [-0.2, 0) is 19.4 Å². The van der Waals surface area contributed by atoms with Crippen molar-refractivity contribution < 1.29 is 4.79 Å². The highest BCUT2D eigenvalue weighted by Crippen LogP contribution is 2.29. The van der Waals surface area contributed by atoms with Gasteiger partial charge in [0.2, 0.25) is 0 Å². The number of benzene rings is 1. The van der Waals surface area contributed by atoms with Gasteiger partial charge in [0.25, 0.3) is 5.91 Å². The highest BCUT2D eigenvalue weighted by atomic mass is 32.1. The van der Waals surface area contributed by atoms with E-state index in [0.29, 0.717) is 18.2 Å². The second-order valence-electron chi connectivity index (χ2n) is 6.41. The Bertz CT molecular complexity index is 979. The fourth-order valence-corrected chi connectivity index (χ4v) is 4.26. The molecule has 0 bridgehead atoms. The molecule has 0 spiro atoms. The quantitative estimate of drug-likeness (QED) is 0.768. The molecule has 0 saturated carbocycles. The van der Waals surface area contributed by atoms with Gasteiger partial charge in [-0.3, -0.25) is 9.78 Å². The first-order chi connectivity index (χ1) is 12.0. The molecule has 0 radical (unpaired) electrons. The number of nitrogens with two attached hydrogens (primary N) is 1. The minimum atomic E-state index is 0.0568. The van der Waals surface area contributed by atoms with Crippen LogP contribution in [0.4, 0.5) is 5.13 Å². The van der Waals surface area contributed by atoms with Crippen molar-refractivity contribution in [3.63, 3.8) is 0 Å². The van der Waals surface area contributed by atoms with Crippen molar-refractivity contribution in [3.8, 4) is 0 Å². The van der Waals surface area contributed by atoms with Crippen molar-refractivity contribution in [2.24, 2.45) is 0 Å². The van der Waals surface area contributed by atoms with E-state index in [2.05, 4.69) is 29.0 Å². The van der Waals surface area contributed by atoms with E-state index >= 15 is 0 Å². The molecule has 128 valence electrons. The number of carbonyl (C=O) groups excluding carboxylic acids is 1. The van der Waals surface area contributed by atoms with Crippen LogP contribution in [-0.4, -0.2) is 27.3 Å². The van der Waals surface area contributed by atoms with Gasteiger partial charge in [0.1, 0.15) is 0 Å². The number of amides is 1. The molecule has 0 unspecified atom stereocenters. The summed E-state index contributed by atoms with van der Waals surface area (Å²) in [6, 6.07) is 8.09. The standard InChI is InChI=1S/C19H20N4OS/c1-3-12-4-5-15-13(9-12)14(8-11(2)21-15)18(24)23-7-6-16-17(10-23)25-19(20)22-16/h4-5,8-9H,3,6-7,10H2,1-2H3,(H2,20,22). The maximum Gasteiger partial charge on any atom is 0.254 e. The minimum Gasteiger partial charge on any atom is -0.375 e. The molecule has 6 heteroatoms. The van der Waals surface area contributed by atoms with E-state index in [0.717, 1.165) is 45.6 Å². The van der Waals surface area contributed by atoms with Crippen LogP contribution in [0.15, 0.2) is 24.3 Å². The van der Waals surface area contributed by atoms with E-state index in [9.17, 15) is 4.79 Å². The number of hydrogen-bond donors (Lipinski definition) is 1. The maximum absolute atomic E-state index is 13.2. The smallest absolute Gasteiger partial charge is 0.254 e. The molecule has 0 saturated heterocycles. The van der Waals surface area contributed by atoms with Crippen LogP contribution in [0.5, 0.6) is 0 Å². The van der Waals surface area contributed by atoms with E-state index in [4.69, 9.17) is 5.73 Å². The number of nitrogen functional groups attached to an aromatic ring is 1. The Labute approximate surface area is 150 Å². The number of hydrogen-bond acceptors (Lipinski definition) is 5. The molecule has 5 nitrogen and oxygen atoms in total. The molecule has 0 fully saturated rings. The summed E-state index contributed by atoms with van der Waals surface area (Å²) in [6.45, 7) is 5.30. The predicted molar refractivity (Wildman–Crippen MR) is 101 cm³/mol. The first kappa shape index (κ1) is 16.0. The first-order valence-electron chi connectivity index (χ1n) is 8.48. The normalized spacial score (nSPS) is 13.9. The zero-order valence-electron chi connectivity index (χ0n) is 14.4. The number of pyridine rings is 1. The molecule has 25 heavy (non-hydrogen) atoms. The summed E-state index contributed by atoms with van der Waals surface area (Å²) in [5, 5.41) is 1.52. The third-order valence-electron chi connectivity index (χ3n) is 4.67. The monoisotopic (exact) mass is 352 g/mol. The molecule has 3 heterocycles. The van der Waals surface area contributed by atoms with Crippen molar-refractivity contribution in [2.45, 2.75) is 33.2 Å².